The lowest BCUT2D eigenvalue weighted by Crippen LogP contribution is -2.41. The van der Waals surface area contributed by atoms with E-state index in [1.54, 1.807) is 45.9 Å². The number of alkyl halides is 3. The van der Waals surface area contributed by atoms with Gasteiger partial charge in [-0.15, -0.1) is 0 Å². The molecule has 1 heterocycles. The summed E-state index contributed by atoms with van der Waals surface area (Å²) >= 11 is 0. The predicted octanol–water partition coefficient (Wildman–Crippen LogP) is 4.90. The van der Waals surface area contributed by atoms with Crippen LogP contribution in [-0.4, -0.2) is 30.5 Å². The highest BCUT2D eigenvalue weighted by molar-refractivity contribution is 6.55. The van der Waals surface area contributed by atoms with E-state index in [2.05, 4.69) is 0 Å². The molecule has 1 aromatic rings. The van der Waals surface area contributed by atoms with E-state index in [0.29, 0.717) is 5.56 Å². The van der Waals surface area contributed by atoms with Crippen LogP contribution in [0.15, 0.2) is 23.9 Å². The van der Waals surface area contributed by atoms with Gasteiger partial charge >= 0.3 is 13.3 Å². The summed E-state index contributed by atoms with van der Waals surface area (Å²) in [5, 5.41) is 0. The Bertz CT molecular complexity index is 728. The van der Waals surface area contributed by atoms with E-state index >= 15 is 4.39 Å². The Morgan fingerprint density at radius 2 is 1.59 bits per heavy atom. The molecule has 1 fully saturated rings. The van der Waals surface area contributed by atoms with Crippen LogP contribution in [0, 0.1) is 13.8 Å². The average molecular weight is 387 g/mol. The van der Waals surface area contributed by atoms with Gasteiger partial charge in [-0.25, -0.2) is 4.39 Å². The standard InChI is InChI=1S/C19H26BF4NO2/c1-11-7-8-13(9-12(11)2)14(10-15(25)19(22,23)24)16(21)20-26-17(3,4)18(5,6)27-20/h7-9,15H,10,25H2,1-6H3. The topological polar surface area (TPSA) is 44.5 Å². The molecule has 0 aliphatic carbocycles. The first kappa shape index (κ1) is 21.9. The van der Waals surface area contributed by atoms with Gasteiger partial charge in [0, 0.05) is 0 Å². The summed E-state index contributed by atoms with van der Waals surface area (Å²) in [5.41, 5.74) is 4.77. The smallest absolute Gasteiger partial charge is 0.398 e. The van der Waals surface area contributed by atoms with Crippen LogP contribution in [0.1, 0.15) is 50.8 Å². The van der Waals surface area contributed by atoms with Crippen molar-refractivity contribution in [3.05, 3.63) is 40.6 Å². The molecule has 1 saturated heterocycles. The van der Waals surface area contributed by atoms with Gasteiger partial charge in [-0.05, 0) is 70.2 Å². The van der Waals surface area contributed by atoms with E-state index < -0.39 is 42.7 Å². The predicted molar refractivity (Wildman–Crippen MR) is 98.7 cm³/mol. The Hall–Kier alpha value is -1.38. The van der Waals surface area contributed by atoms with Crippen LogP contribution >= 0.6 is 0 Å². The number of benzene rings is 1. The van der Waals surface area contributed by atoms with E-state index in [1.807, 2.05) is 13.8 Å². The molecule has 3 nitrogen and oxygen atoms in total. The number of nitrogens with two attached hydrogens (primary N) is 1. The lowest BCUT2D eigenvalue weighted by atomic mass is 9.80. The summed E-state index contributed by atoms with van der Waals surface area (Å²) < 4.78 is 65.7. The zero-order chi connectivity index (χ0) is 20.8. The Labute approximate surface area is 158 Å². The summed E-state index contributed by atoms with van der Waals surface area (Å²) in [6.07, 6.45) is -5.34. The lowest BCUT2D eigenvalue weighted by Gasteiger charge is -2.32. The monoisotopic (exact) mass is 387 g/mol. The van der Waals surface area contributed by atoms with Crippen LogP contribution in [0.5, 0.6) is 0 Å². The Morgan fingerprint density at radius 1 is 1.07 bits per heavy atom. The van der Waals surface area contributed by atoms with Gasteiger partial charge < -0.3 is 15.0 Å². The minimum Gasteiger partial charge on any atom is -0.398 e. The van der Waals surface area contributed by atoms with Crippen LogP contribution in [-0.2, 0) is 9.31 Å². The largest absolute Gasteiger partial charge is 0.525 e. The van der Waals surface area contributed by atoms with Gasteiger partial charge in [-0.2, -0.15) is 13.2 Å². The molecule has 2 N–H and O–H groups in total. The molecule has 8 heteroatoms. The minimum absolute atomic E-state index is 0.151. The highest BCUT2D eigenvalue weighted by Gasteiger charge is 2.54. The first-order valence-electron chi connectivity index (χ1n) is 8.80. The van der Waals surface area contributed by atoms with E-state index in [1.165, 1.54) is 0 Å². The molecule has 0 saturated carbocycles. The van der Waals surface area contributed by atoms with Crippen molar-refractivity contribution in [3.63, 3.8) is 0 Å². The SMILES string of the molecule is Cc1ccc(C(CC(N)C(F)(F)F)=C(F)B2OC(C)(C)C(C)(C)O2)cc1C. The van der Waals surface area contributed by atoms with Crippen molar-refractivity contribution in [2.45, 2.75) is 71.4 Å². The van der Waals surface area contributed by atoms with Crippen LogP contribution in [0.25, 0.3) is 5.57 Å². The molecule has 1 aromatic carbocycles. The molecule has 1 unspecified atom stereocenters. The van der Waals surface area contributed by atoms with Gasteiger partial charge in [-0.3, -0.25) is 0 Å². The minimum atomic E-state index is -4.64. The Kier molecular flexibility index (Phi) is 5.86. The maximum Gasteiger partial charge on any atom is 0.525 e. The van der Waals surface area contributed by atoms with Gasteiger partial charge in [0.2, 0.25) is 0 Å². The number of hydrogen-bond acceptors (Lipinski definition) is 3. The second-order valence-electron chi connectivity index (χ2n) is 8.07. The molecule has 0 radical (unpaired) electrons. The summed E-state index contributed by atoms with van der Waals surface area (Å²) in [7, 11) is -1.38. The average Bonchev–Trinajstić information content (AvgIpc) is 2.74. The highest BCUT2D eigenvalue weighted by atomic mass is 19.4. The Balaban J connectivity index is 2.51. The fourth-order valence-corrected chi connectivity index (χ4v) is 2.71. The summed E-state index contributed by atoms with van der Waals surface area (Å²) in [5.74, 6) is 0. The van der Waals surface area contributed by atoms with E-state index in [4.69, 9.17) is 15.0 Å². The highest BCUT2D eigenvalue weighted by Crippen LogP contribution is 2.41. The molecule has 1 atom stereocenters. The van der Waals surface area contributed by atoms with Crippen molar-refractivity contribution in [1.82, 2.24) is 0 Å². The van der Waals surface area contributed by atoms with Crippen molar-refractivity contribution in [3.8, 4) is 0 Å². The normalized spacial score (nSPS) is 21.2. The number of hydrogen-bond donors (Lipinski definition) is 1. The first-order valence-corrected chi connectivity index (χ1v) is 8.80. The zero-order valence-electron chi connectivity index (χ0n) is 16.5. The molecule has 150 valence electrons. The molecule has 1 aliphatic rings. The quantitative estimate of drug-likeness (QED) is 0.591. The zero-order valence-corrected chi connectivity index (χ0v) is 16.5. The fraction of sp³-hybridized carbons (Fsp3) is 0.579. The van der Waals surface area contributed by atoms with E-state index in [0.717, 1.165) is 11.1 Å². The van der Waals surface area contributed by atoms with E-state index in [-0.39, 0.29) is 5.57 Å². The van der Waals surface area contributed by atoms with Gasteiger partial charge in [0.15, 0.2) is 0 Å². The molecule has 0 spiro atoms. The number of halogens is 4. The second-order valence-corrected chi connectivity index (χ2v) is 8.07. The van der Waals surface area contributed by atoms with Crippen LogP contribution in [0.2, 0.25) is 0 Å². The van der Waals surface area contributed by atoms with Gasteiger partial charge in [0.25, 0.3) is 0 Å². The van der Waals surface area contributed by atoms with Gasteiger partial charge in [0.05, 0.1) is 11.2 Å². The molecule has 1 aliphatic heterocycles. The molecular weight excluding hydrogens is 361 g/mol. The van der Waals surface area contributed by atoms with E-state index in [9.17, 15) is 13.2 Å². The first-order chi connectivity index (χ1) is 12.2. The molecular formula is C19H26BF4NO2. The van der Waals surface area contributed by atoms with Crippen LogP contribution < -0.4 is 5.73 Å². The molecule has 0 amide bonds. The molecule has 0 aromatic heterocycles. The summed E-state index contributed by atoms with van der Waals surface area (Å²) in [6, 6.07) is 2.79. The van der Waals surface area contributed by atoms with Crippen LogP contribution in [0.3, 0.4) is 0 Å². The maximum atomic E-state index is 15.3. The van der Waals surface area contributed by atoms with Crippen molar-refractivity contribution in [1.29, 1.82) is 0 Å². The van der Waals surface area contributed by atoms with Gasteiger partial charge in [-0.1, -0.05) is 18.2 Å². The third kappa shape index (κ3) is 4.55. The third-order valence-electron chi connectivity index (χ3n) is 5.45. The molecule has 27 heavy (non-hydrogen) atoms. The maximum absolute atomic E-state index is 15.3. The lowest BCUT2D eigenvalue weighted by molar-refractivity contribution is -0.146. The number of aryl methyl sites for hydroxylation is 2. The molecule has 0 bridgehead atoms. The third-order valence-corrected chi connectivity index (χ3v) is 5.45. The van der Waals surface area contributed by atoms with Crippen molar-refractivity contribution in [2.24, 2.45) is 5.73 Å². The second kappa shape index (κ2) is 7.22. The summed E-state index contributed by atoms with van der Waals surface area (Å²) in [4.78, 5) is 0. The van der Waals surface area contributed by atoms with Crippen molar-refractivity contribution < 1.29 is 26.9 Å². The van der Waals surface area contributed by atoms with Crippen LogP contribution in [0.4, 0.5) is 17.6 Å². The summed E-state index contributed by atoms with van der Waals surface area (Å²) in [6.45, 7) is 10.7. The number of rotatable bonds is 4. The molecule has 2 rings (SSSR count). The fourth-order valence-electron chi connectivity index (χ4n) is 2.71. The van der Waals surface area contributed by atoms with Gasteiger partial charge in [0.1, 0.15) is 11.8 Å². The van der Waals surface area contributed by atoms with Crippen molar-refractivity contribution in [2.75, 3.05) is 0 Å². The Morgan fingerprint density at radius 3 is 2.04 bits per heavy atom. The van der Waals surface area contributed by atoms with Crippen molar-refractivity contribution >= 4 is 12.7 Å².